The molecule has 0 radical (unpaired) electrons. The fraction of sp³-hybridized carbons (Fsp3) is 0.438. The number of aromatic nitrogens is 5. The average Bonchev–Trinajstić information content (AvgIpc) is 3.26. The molecule has 0 aliphatic carbocycles. The Hall–Kier alpha value is -2.41. The van der Waals surface area contributed by atoms with Gasteiger partial charge in [0.15, 0.2) is 5.76 Å². The molecule has 0 bridgehead atoms. The molecule has 0 saturated heterocycles. The second-order valence-electron chi connectivity index (χ2n) is 6.07. The average molecular weight is 312 g/mol. The number of aryl methyl sites for hydroxylation is 3. The van der Waals surface area contributed by atoms with Crippen LogP contribution in [0.1, 0.15) is 29.4 Å². The van der Waals surface area contributed by atoms with Gasteiger partial charge in [0.1, 0.15) is 23.1 Å². The second-order valence-corrected chi connectivity index (χ2v) is 6.07. The highest BCUT2D eigenvalue weighted by molar-refractivity contribution is 5.56. The van der Waals surface area contributed by atoms with Crippen LogP contribution in [0.2, 0.25) is 0 Å². The minimum absolute atomic E-state index is 0.415. The molecule has 0 aromatic carbocycles. The molecular formula is C16H20N6O. The number of nitrogens with zero attached hydrogens (tertiary/aromatic N) is 4. The maximum atomic E-state index is 5.69. The number of hydrogen-bond donors (Lipinski definition) is 2. The van der Waals surface area contributed by atoms with Crippen LogP contribution in [0.5, 0.6) is 0 Å². The number of fused-ring (bicyclic) bond motifs is 1. The van der Waals surface area contributed by atoms with Crippen LogP contribution >= 0.6 is 0 Å². The van der Waals surface area contributed by atoms with E-state index >= 15 is 0 Å². The normalized spacial score (nSPS) is 17.4. The van der Waals surface area contributed by atoms with Crippen molar-refractivity contribution in [3.8, 4) is 11.5 Å². The van der Waals surface area contributed by atoms with Crippen LogP contribution in [-0.4, -0.2) is 31.0 Å². The molecule has 120 valence electrons. The van der Waals surface area contributed by atoms with Crippen molar-refractivity contribution in [2.24, 2.45) is 0 Å². The van der Waals surface area contributed by atoms with Crippen molar-refractivity contribution in [2.45, 2.75) is 45.8 Å². The molecule has 3 aromatic rings. The van der Waals surface area contributed by atoms with Crippen molar-refractivity contribution >= 4 is 0 Å². The Labute approximate surface area is 134 Å². The zero-order valence-corrected chi connectivity index (χ0v) is 13.3. The number of hydrogen-bond acceptors (Lipinski definition) is 5. The SMILES string of the molecule is Cc1ccc(-c2[nH]ncc2CN[C@H]2CCc3nnc(C)n3C2)o1. The first-order chi connectivity index (χ1) is 11.2. The molecule has 0 saturated carbocycles. The van der Waals surface area contributed by atoms with Crippen molar-refractivity contribution in [2.75, 3.05) is 0 Å². The number of H-pyrrole nitrogens is 1. The molecule has 7 nitrogen and oxygen atoms in total. The lowest BCUT2D eigenvalue weighted by Crippen LogP contribution is -2.37. The van der Waals surface area contributed by atoms with Gasteiger partial charge in [0, 0.05) is 31.1 Å². The lowest BCUT2D eigenvalue weighted by atomic mass is 10.1. The van der Waals surface area contributed by atoms with Gasteiger partial charge in [0.25, 0.3) is 0 Å². The van der Waals surface area contributed by atoms with E-state index in [1.165, 1.54) is 0 Å². The van der Waals surface area contributed by atoms with E-state index in [0.29, 0.717) is 6.04 Å². The minimum atomic E-state index is 0.415. The van der Waals surface area contributed by atoms with E-state index in [2.05, 4.69) is 30.3 Å². The van der Waals surface area contributed by atoms with Crippen molar-refractivity contribution in [3.63, 3.8) is 0 Å². The first-order valence-corrected chi connectivity index (χ1v) is 7.92. The van der Waals surface area contributed by atoms with E-state index in [-0.39, 0.29) is 0 Å². The predicted molar refractivity (Wildman–Crippen MR) is 84.7 cm³/mol. The molecule has 1 aliphatic rings. The van der Waals surface area contributed by atoms with Crippen molar-refractivity contribution in [3.05, 3.63) is 41.3 Å². The van der Waals surface area contributed by atoms with Gasteiger partial charge in [0.2, 0.25) is 0 Å². The number of aromatic amines is 1. The molecule has 4 heterocycles. The second kappa shape index (κ2) is 5.66. The van der Waals surface area contributed by atoms with Crippen LogP contribution in [0.25, 0.3) is 11.5 Å². The molecule has 1 atom stereocenters. The van der Waals surface area contributed by atoms with E-state index < -0.39 is 0 Å². The summed E-state index contributed by atoms with van der Waals surface area (Å²) < 4.78 is 7.89. The Kier molecular flexibility index (Phi) is 3.49. The Balaban J connectivity index is 1.45. The molecular weight excluding hydrogens is 292 g/mol. The molecule has 2 N–H and O–H groups in total. The zero-order chi connectivity index (χ0) is 15.8. The highest BCUT2D eigenvalue weighted by Crippen LogP contribution is 2.23. The summed E-state index contributed by atoms with van der Waals surface area (Å²) in [7, 11) is 0. The molecule has 0 spiro atoms. The number of nitrogens with one attached hydrogen (secondary N) is 2. The molecule has 23 heavy (non-hydrogen) atoms. The molecule has 4 rings (SSSR count). The van der Waals surface area contributed by atoms with E-state index in [1.807, 2.05) is 32.2 Å². The molecule has 1 aliphatic heterocycles. The van der Waals surface area contributed by atoms with Gasteiger partial charge in [-0.25, -0.2) is 0 Å². The van der Waals surface area contributed by atoms with Gasteiger partial charge in [-0.1, -0.05) is 0 Å². The van der Waals surface area contributed by atoms with E-state index in [0.717, 1.165) is 60.4 Å². The van der Waals surface area contributed by atoms with Crippen LogP contribution in [0, 0.1) is 13.8 Å². The van der Waals surface area contributed by atoms with Crippen LogP contribution in [0.4, 0.5) is 0 Å². The van der Waals surface area contributed by atoms with Gasteiger partial charge in [-0.15, -0.1) is 10.2 Å². The zero-order valence-electron chi connectivity index (χ0n) is 13.3. The lowest BCUT2D eigenvalue weighted by molar-refractivity contribution is 0.375. The Morgan fingerprint density at radius 3 is 3.09 bits per heavy atom. The monoisotopic (exact) mass is 312 g/mol. The summed E-state index contributed by atoms with van der Waals surface area (Å²) >= 11 is 0. The molecule has 0 fully saturated rings. The van der Waals surface area contributed by atoms with Crippen molar-refractivity contribution in [1.82, 2.24) is 30.3 Å². The van der Waals surface area contributed by atoms with Crippen LogP contribution < -0.4 is 5.32 Å². The molecule has 7 heteroatoms. The fourth-order valence-electron chi connectivity index (χ4n) is 3.11. The summed E-state index contributed by atoms with van der Waals surface area (Å²) in [5, 5.41) is 19.2. The summed E-state index contributed by atoms with van der Waals surface area (Å²) in [6.45, 7) is 5.62. The third-order valence-corrected chi connectivity index (χ3v) is 4.42. The van der Waals surface area contributed by atoms with Crippen molar-refractivity contribution in [1.29, 1.82) is 0 Å². The van der Waals surface area contributed by atoms with Gasteiger partial charge in [-0.05, 0) is 32.4 Å². The summed E-state index contributed by atoms with van der Waals surface area (Å²) in [5.74, 6) is 3.81. The lowest BCUT2D eigenvalue weighted by Gasteiger charge is -2.25. The smallest absolute Gasteiger partial charge is 0.152 e. The topological polar surface area (TPSA) is 84.6 Å². The highest BCUT2D eigenvalue weighted by Gasteiger charge is 2.21. The Morgan fingerprint density at radius 2 is 2.26 bits per heavy atom. The quantitative estimate of drug-likeness (QED) is 0.769. The van der Waals surface area contributed by atoms with Crippen LogP contribution in [-0.2, 0) is 19.5 Å². The Bertz CT molecular complexity index is 814. The van der Waals surface area contributed by atoms with Crippen LogP contribution in [0.3, 0.4) is 0 Å². The maximum Gasteiger partial charge on any atom is 0.152 e. The third-order valence-electron chi connectivity index (χ3n) is 4.42. The van der Waals surface area contributed by atoms with Gasteiger partial charge in [0.05, 0.1) is 6.20 Å². The van der Waals surface area contributed by atoms with Crippen LogP contribution in [0.15, 0.2) is 22.7 Å². The maximum absolute atomic E-state index is 5.69. The van der Waals surface area contributed by atoms with E-state index in [4.69, 9.17) is 4.42 Å². The summed E-state index contributed by atoms with van der Waals surface area (Å²) in [6.07, 6.45) is 3.90. The van der Waals surface area contributed by atoms with Gasteiger partial charge < -0.3 is 14.3 Å². The van der Waals surface area contributed by atoms with E-state index in [1.54, 1.807) is 0 Å². The molecule has 0 unspecified atom stereocenters. The summed E-state index contributed by atoms with van der Waals surface area (Å²) in [6, 6.07) is 4.35. The standard InChI is InChI=1S/C16H20N6O/c1-10-3-5-14(23-10)16-12(8-18-21-16)7-17-13-4-6-15-20-19-11(2)22(15)9-13/h3,5,8,13,17H,4,6-7,9H2,1-2H3,(H,18,21)/t13-/m0/s1. The molecule has 3 aromatic heterocycles. The summed E-state index contributed by atoms with van der Waals surface area (Å²) in [5.41, 5.74) is 2.06. The first kappa shape index (κ1) is 14.2. The summed E-state index contributed by atoms with van der Waals surface area (Å²) in [4.78, 5) is 0. The highest BCUT2D eigenvalue weighted by atomic mass is 16.3. The third kappa shape index (κ3) is 2.68. The first-order valence-electron chi connectivity index (χ1n) is 7.92. The van der Waals surface area contributed by atoms with Gasteiger partial charge in [-0.2, -0.15) is 5.10 Å². The fourth-order valence-corrected chi connectivity index (χ4v) is 3.11. The minimum Gasteiger partial charge on any atom is -0.460 e. The van der Waals surface area contributed by atoms with Gasteiger partial charge >= 0.3 is 0 Å². The van der Waals surface area contributed by atoms with Gasteiger partial charge in [-0.3, -0.25) is 5.10 Å². The Morgan fingerprint density at radius 1 is 1.35 bits per heavy atom. The molecule has 0 amide bonds. The number of rotatable bonds is 4. The van der Waals surface area contributed by atoms with Crippen molar-refractivity contribution < 1.29 is 4.42 Å². The predicted octanol–water partition coefficient (Wildman–Crippen LogP) is 1.98. The number of furan rings is 1. The van der Waals surface area contributed by atoms with E-state index in [9.17, 15) is 0 Å². The largest absolute Gasteiger partial charge is 0.460 e.